The number of carboxylic acids is 1. The van der Waals surface area contributed by atoms with Crippen molar-refractivity contribution in [3.05, 3.63) is 23.3 Å². The number of rotatable bonds is 6. The van der Waals surface area contributed by atoms with Crippen LogP contribution in [0.15, 0.2) is 23.3 Å². The summed E-state index contributed by atoms with van der Waals surface area (Å²) >= 11 is 0. The number of aliphatic carboxylic acids is 1. The molecule has 35 heavy (non-hydrogen) atoms. The second kappa shape index (κ2) is 10.7. The molecule has 1 N–H and O–H groups in total. The molecule has 4 rings (SSSR count). The minimum Gasteiger partial charge on any atom is -0.481 e. The van der Waals surface area contributed by atoms with Crippen LogP contribution in [0.1, 0.15) is 97.8 Å². The average molecular weight is 501 g/mol. The van der Waals surface area contributed by atoms with E-state index in [1.54, 1.807) is 0 Å². The standard InChI is InChI=1S/C30H48O4Si/c1-30(2,3)35(4,5)34-28(21-9-7-6-8-10-21)16-14-20-11-12-23-17-24(18-26(20)23)22-13-15-25(29(32)33)27(31)19-22/h14,16,20-21,23,25-26,28H,6-13,15,17-19H2,1-5H3,(H,32,33)/b16-14+,24-22?/t20-,23+,25?,26-,28+/m1/s1. The van der Waals surface area contributed by atoms with Crippen LogP contribution in [0, 0.1) is 29.6 Å². The minimum atomic E-state index is -1.84. The van der Waals surface area contributed by atoms with Gasteiger partial charge in [0.2, 0.25) is 0 Å². The molecule has 4 saturated carbocycles. The molecule has 5 heteroatoms. The lowest BCUT2D eigenvalue weighted by molar-refractivity contribution is -0.146. The van der Waals surface area contributed by atoms with Gasteiger partial charge in [0.05, 0.1) is 6.10 Å². The summed E-state index contributed by atoms with van der Waals surface area (Å²) in [6.45, 7) is 11.8. The first-order chi connectivity index (χ1) is 16.5. The van der Waals surface area contributed by atoms with Crippen LogP contribution in [0.2, 0.25) is 18.1 Å². The van der Waals surface area contributed by atoms with Gasteiger partial charge in [-0.15, -0.1) is 0 Å². The molecule has 0 aliphatic heterocycles. The Balaban J connectivity index is 1.45. The maximum absolute atomic E-state index is 12.4. The van der Waals surface area contributed by atoms with Gasteiger partial charge in [-0.1, -0.05) is 63.3 Å². The van der Waals surface area contributed by atoms with E-state index >= 15 is 0 Å². The lowest BCUT2D eigenvalue weighted by atomic mass is 9.81. The van der Waals surface area contributed by atoms with E-state index in [2.05, 4.69) is 46.0 Å². The summed E-state index contributed by atoms with van der Waals surface area (Å²) in [5, 5.41) is 9.51. The highest BCUT2D eigenvalue weighted by Gasteiger charge is 2.43. The quantitative estimate of drug-likeness (QED) is 0.230. The molecule has 196 valence electrons. The molecule has 1 unspecified atom stereocenters. The Morgan fingerprint density at radius 1 is 1.03 bits per heavy atom. The molecule has 0 heterocycles. The second-order valence-electron chi connectivity index (χ2n) is 13.5. The minimum absolute atomic E-state index is 0.0853. The van der Waals surface area contributed by atoms with E-state index in [-0.39, 0.29) is 16.9 Å². The Labute approximate surface area is 214 Å². The third-order valence-electron chi connectivity index (χ3n) is 10.2. The molecule has 0 aromatic rings. The summed E-state index contributed by atoms with van der Waals surface area (Å²) in [4.78, 5) is 23.7. The van der Waals surface area contributed by atoms with E-state index in [0.29, 0.717) is 30.6 Å². The first-order valence-electron chi connectivity index (χ1n) is 14.3. The topological polar surface area (TPSA) is 63.6 Å². The van der Waals surface area contributed by atoms with Crippen molar-refractivity contribution in [2.75, 3.05) is 0 Å². The van der Waals surface area contributed by atoms with Gasteiger partial charge in [-0.25, -0.2) is 0 Å². The highest BCUT2D eigenvalue weighted by Crippen LogP contribution is 2.52. The van der Waals surface area contributed by atoms with Crippen molar-refractivity contribution in [3.8, 4) is 0 Å². The zero-order valence-electron chi connectivity index (χ0n) is 22.8. The van der Waals surface area contributed by atoms with E-state index in [1.807, 2.05) is 0 Å². The predicted octanol–water partition coefficient (Wildman–Crippen LogP) is 7.70. The normalized spacial score (nSPS) is 33.9. The predicted molar refractivity (Wildman–Crippen MR) is 144 cm³/mol. The molecule has 0 saturated heterocycles. The fraction of sp³-hybridized carbons (Fsp3) is 0.800. The molecule has 4 fully saturated rings. The zero-order valence-corrected chi connectivity index (χ0v) is 23.8. The molecule has 0 spiro atoms. The number of carbonyl (C=O) groups is 2. The van der Waals surface area contributed by atoms with E-state index in [1.165, 1.54) is 56.1 Å². The summed E-state index contributed by atoms with van der Waals surface area (Å²) in [6.07, 6.45) is 18.3. The summed E-state index contributed by atoms with van der Waals surface area (Å²) in [5.74, 6) is 0.863. The number of carbonyl (C=O) groups excluding carboxylic acids is 1. The molecule has 4 nitrogen and oxygen atoms in total. The van der Waals surface area contributed by atoms with Crippen molar-refractivity contribution < 1.29 is 19.1 Å². The number of allylic oxidation sites excluding steroid dienone is 3. The molecular weight excluding hydrogens is 452 g/mol. The second-order valence-corrected chi connectivity index (χ2v) is 18.2. The van der Waals surface area contributed by atoms with Crippen molar-refractivity contribution in [2.24, 2.45) is 29.6 Å². The average Bonchev–Trinajstić information content (AvgIpc) is 3.37. The van der Waals surface area contributed by atoms with Crippen LogP contribution in [0.3, 0.4) is 0 Å². The van der Waals surface area contributed by atoms with Crippen molar-refractivity contribution in [2.45, 2.75) is 122 Å². The van der Waals surface area contributed by atoms with Crippen LogP contribution in [-0.2, 0) is 14.0 Å². The highest BCUT2D eigenvalue weighted by atomic mass is 28.4. The van der Waals surface area contributed by atoms with Gasteiger partial charge in [0, 0.05) is 6.42 Å². The summed E-state index contributed by atoms with van der Waals surface area (Å²) in [7, 11) is -1.84. The van der Waals surface area contributed by atoms with Crippen LogP contribution in [0.4, 0.5) is 0 Å². The maximum atomic E-state index is 12.4. The third kappa shape index (κ3) is 6.03. The number of fused-ring (bicyclic) bond motifs is 1. The SMILES string of the molecule is CC(C)(C)[Si](C)(C)O[C@@H](/C=C/[C@H]1CC[C@H]2CC(=C3CCC(C(=O)O)C(=O)C3)C[C@@H]21)C1CCCCC1. The maximum Gasteiger partial charge on any atom is 0.314 e. The van der Waals surface area contributed by atoms with Crippen molar-refractivity contribution in [1.29, 1.82) is 0 Å². The Hall–Kier alpha value is -1.20. The number of carboxylic acid groups (broad SMARTS) is 1. The van der Waals surface area contributed by atoms with Crippen LogP contribution >= 0.6 is 0 Å². The smallest absolute Gasteiger partial charge is 0.314 e. The van der Waals surface area contributed by atoms with Gasteiger partial charge in [0.25, 0.3) is 0 Å². The summed E-state index contributed by atoms with van der Waals surface area (Å²) < 4.78 is 7.03. The van der Waals surface area contributed by atoms with Crippen molar-refractivity contribution in [3.63, 3.8) is 0 Å². The van der Waals surface area contributed by atoms with E-state index in [4.69, 9.17) is 4.43 Å². The largest absolute Gasteiger partial charge is 0.481 e. The Kier molecular flexibility index (Phi) is 8.17. The van der Waals surface area contributed by atoms with Crippen LogP contribution in [0.25, 0.3) is 0 Å². The fourth-order valence-corrected chi connectivity index (χ4v) is 8.26. The van der Waals surface area contributed by atoms with Gasteiger partial charge in [0.15, 0.2) is 14.1 Å². The first-order valence-corrected chi connectivity index (χ1v) is 17.2. The van der Waals surface area contributed by atoms with E-state index < -0.39 is 20.2 Å². The molecule has 5 atom stereocenters. The third-order valence-corrected chi connectivity index (χ3v) is 14.7. The van der Waals surface area contributed by atoms with Gasteiger partial charge in [-0.05, 0) is 93.2 Å². The molecule has 0 aromatic carbocycles. The van der Waals surface area contributed by atoms with E-state index in [0.717, 1.165) is 25.2 Å². The number of ketones is 1. The molecule has 0 amide bonds. The van der Waals surface area contributed by atoms with Crippen LogP contribution in [0.5, 0.6) is 0 Å². The lowest BCUT2D eigenvalue weighted by Gasteiger charge is -2.41. The first kappa shape index (κ1) is 26.8. The fourth-order valence-electron chi connectivity index (χ4n) is 6.96. The molecule has 0 bridgehead atoms. The molecular formula is C30H48O4Si. The monoisotopic (exact) mass is 500 g/mol. The number of hydrogen-bond donors (Lipinski definition) is 1. The summed E-state index contributed by atoms with van der Waals surface area (Å²) in [6, 6.07) is 0. The van der Waals surface area contributed by atoms with Crippen molar-refractivity contribution >= 4 is 20.1 Å². The van der Waals surface area contributed by atoms with Gasteiger partial charge >= 0.3 is 5.97 Å². The number of Topliss-reactive ketones (excluding diaryl/α,β-unsaturated/α-hetero) is 1. The Bertz CT molecular complexity index is 858. The van der Waals surface area contributed by atoms with Crippen molar-refractivity contribution in [1.82, 2.24) is 0 Å². The number of hydrogen-bond acceptors (Lipinski definition) is 3. The van der Waals surface area contributed by atoms with Gasteiger partial charge in [-0.2, -0.15) is 0 Å². The van der Waals surface area contributed by atoms with Gasteiger partial charge in [0.1, 0.15) is 5.92 Å². The lowest BCUT2D eigenvalue weighted by Crippen LogP contribution is -2.45. The summed E-state index contributed by atoms with van der Waals surface area (Å²) in [5.41, 5.74) is 2.75. The molecule has 0 radical (unpaired) electrons. The highest BCUT2D eigenvalue weighted by molar-refractivity contribution is 6.74. The Morgan fingerprint density at radius 3 is 2.37 bits per heavy atom. The molecule has 4 aliphatic carbocycles. The van der Waals surface area contributed by atoms with Gasteiger partial charge < -0.3 is 9.53 Å². The van der Waals surface area contributed by atoms with Crippen LogP contribution in [-0.4, -0.2) is 31.3 Å². The molecule has 4 aliphatic rings. The van der Waals surface area contributed by atoms with E-state index in [9.17, 15) is 14.7 Å². The van der Waals surface area contributed by atoms with Crippen LogP contribution < -0.4 is 0 Å². The zero-order chi connectivity index (χ0) is 25.4. The van der Waals surface area contributed by atoms with Gasteiger partial charge in [-0.3, -0.25) is 9.59 Å². The molecule has 0 aromatic heterocycles. The Morgan fingerprint density at radius 2 is 1.74 bits per heavy atom.